The first-order chi connectivity index (χ1) is 13.1. The van der Waals surface area contributed by atoms with Crippen LogP contribution in [0.1, 0.15) is 11.3 Å². The third-order valence-corrected chi connectivity index (χ3v) is 4.31. The predicted molar refractivity (Wildman–Crippen MR) is 112 cm³/mol. The zero-order valence-electron chi connectivity index (χ0n) is 15.3. The first-order valence-electron chi connectivity index (χ1n) is 8.44. The van der Waals surface area contributed by atoms with Crippen LogP contribution in [-0.2, 0) is 6.42 Å². The van der Waals surface area contributed by atoms with Gasteiger partial charge < -0.3 is 15.2 Å². The minimum absolute atomic E-state index is 0.231. The number of methoxy groups -OCH3 is 2. The van der Waals surface area contributed by atoms with E-state index in [0.29, 0.717) is 18.0 Å². The molecule has 2 aromatic carbocycles. The van der Waals surface area contributed by atoms with Crippen molar-refractivity contribution in [3.63, 3.8) is 0 Å². The number of rotatable bonds is 6. The van der Waals surface area contributed by atoms with Gasteiger partial charge in [-0.2, -0.15) is 0 Å². The van der Waals surface area contributed by atoms with E-state index in [4.69, 9.17) is 32.4 Å². The Bertz CT molecular complexity index is 914. The molecule has 27 heavy (non-hydrogen) atoms. The Morgan fingerprint density at radius 3 is 2.26 bits per heavy atom. The summed E-state index contributed by atoms with van der Waals surface area (Å²) in [6.45, 7) is 0. The third kappa shape index (κ3) is 4.35. The molecular weight excluding hydrogens is 358 g/mol. The molecule has 0 saturated heterocycles. The maximum atomic E-state index is 5.98. The highest BCUT2D eigenvalue weighted by Crippen LogP contribution is 2.28. The molecule has 0 bridgehead atoms. The molecule has 1 aromatic heterocycles. The molecule has 3 rings (SSSR count). The summed E-state index contributed by atoms with van der Waals surface area (Å²) in [6, 6.07) is 21.3. The van der Waals surface area contributed by atoms with E-state index in [1.807, 2.05) is 66.7 Å². The number of nitrogens with zero attached hydrogens (tertiary/aromatic N) is 2. The summed E-state index contributed by atoms with van der Waals surface area (Å²) >= 11 is 5.26. The second-order valence-corrected chi connectivity index (χ2v) is 6.27. The molecule has 0 amide bonds. The van der Waals surface area contributed by atoms with Gasteiger partial charge in [0.15, 0.2) is 5.11 Å². The Morgan fingerprint density at radius 1 is 0.963 bits per heavy atom. The van der Waals surface area contributed by atoms with Crippen molar-refractivity contribution in [1.82, 2.24) is 4.98 Å². The first kappa shape index (κ1) is 18.7. The van der Waals surface area contributed by atoms with Crippen molar-refractivity contribution in [2.75, 3.05) is 19.1 Å². The Labute approximate surface area is 164 Å². The lowest BCUT2D eigenvalue weighted by molar-refractivity contribution is 0.408. The number of benzene rings is 2. The van der Waals surface area contributed by atoms with Gasteiger partial charge in [-0.25, -0.2) is 4.98 Å². The Balaban J connectivity index is 1.97. The number of pyridine rings is 1. The highest BCUT2D eigenvalue weighted by atomic mass is 32.1. The van der Waals surface area contributed by atoms with Crippen LogP contribution in [0.3, 0.4) is 0 Å². The molecule has 0 radical (unpaired) electrons. The maximum Gasteiger partial charge on any atom is 0.176 e. The smallest absolute Gasteiger partial charge is 0.176 e. The van der Waals surface area contributed by atoms with Gasteiger partial charge in [0.1, 0.15) is 17.3 Å². The molecule has 0 aliphatic heterocycles. The van der Waals surface area contributed by atoms with Gasteiger partial charge >= 0.3 is 0 Å². The van der Waals surface area contributed by atoms with E-state index < -0.39 is 0 Å². The summed E-state index contributed by atoms with van der Waals surface area (Å²) in [5.41, 5.74) is 8.74. The van der Waals surface area contributed by atoms with E-state index in [1.54, 1.807) is 19.1 Å². The summed E-state index contributed by atoms with van der Waals surface area (Å²) in [5.74, 6) is 2.18. The summed E-state index contributed by atoms with van der Waals surface area (Å²) < 4.78 is 10.7. The van der Waals surface area contributed by atoms with E-state index >= 15 is 0 Å². The van der Waals surface area contributed by atoms with Crippen molar-refractivity contribution in [3.05, 3.63) is 78.0 Å². The number of para-hydroxylation sites is 1. The normalized spacial score (nSPS) is 10.3. The zero-order valence-corrected chi connectivity index (χ0v) is 16.1. The molecule has 138 valence electrons. The molecular formula is C21H21N3O2S. The number of anilines is 2. The number of hydrogen-bond acceptors (Lipinski definition) is 4. The highest BCUT2D eigenvalue weighted by molar-refractivity contribution is 7.80. The van der Waals surface area contributed by atoms with Crippen LogP contribution in [-0.4, -0.2) is 24.3 Å². The van der Waals surface area contributed by atoms with Gasteiger partial charge in [-0.05, 0) is 54.2 Å². The second-order valence-electron chi connectivity index (χ2n) is 5.85. The van der Waals surface area contributed by atoms with Crippen molar-refractivity contribution in [2.45, 2.75) is 6.42 Å². The van der Waals surface area contributed by atoms with E-state index in [0.717, 1.165) is 22.7 Å². The Hall–Kier alpha value is -3.12. The molecule has 0 spiro atoms. The fourth-order valence-corrected chi connectivity index (χ4v) is 3.00. The van der Waals surface area contributed by atoms with Crippen molar-refractivity contribution >= 4 is 28.8 Å². The van der Waals surface area contributed by atoms with Crippen LogP contribution in [0.5, 0.6) is 11.5 Å². The third-order valence-electron chi connectivity index (χ3n) is 4.13. The molecule has 5 nitrogen and oxygen atoms in total. The largest absolute Gasteiger partial charge is 0.497 e. The van der Waals surface area contributed by atoms with Gasteiger partial charge in [0.25, 0.3) is 0 Å². The zero-order chi connectivity index (χ0) is 19.2. The van der Waals surface area contributed by atoms with Crippen molar-refractivity contribution in [1.29, 1.82) is 0 Å². The molecule has 0 aliphatic rings. The molecule has 0 unspecified atom stereocenters. The standard InChI is InChI=1S/C21H21N3O2S/c1-25-17-10-8-15(9-11-17)14-18-19(26-2)12-13-20(23-18)24(21(22)27)16-6-4-3-5-7-16/h3-13H,14H2,1-2H3,(H2,22,27). The average Bonchev–Trinajstić information content (AvgIpc) is 2.69. The summed E-state index contributed by atoms with van der Waals surface area (Å²) in [5, 5.41) is 0.231. The van der Waals surface area contributed by atoms with Gasteiger partial charge in [-0.1, -0.05) is 30.3 Å². The predicted octanol–water partition coefficient (Wildman–Crippen LogP) is 4.07. The van der Waals surface area contributed by atoms with Crippen LogP contribution in [0.15, 0.2) is 66.7 Å². The quantitative estimate of drug-likeness (QED) is 0.652. The molecule has 3 aromatic rings. The van der Waals surface area contributed by atoms with Gasteiger partial charge in [0, 0.05) is 12.1 Å². The second kappa shape index (κ2) is 8.51. The minimum atomic E-state index is 0.231. The van der Waals surface area contributed by atoms with E-state index in [-0.39, 0.29) is 5.11 Å². The lowest BCUT2D eigenvalue weighted by Gasteiger charge is -2.23. The Morgan fingerprint density at radius 2 is 1.67 bits per heavy atom. The average molecular weight is 379 g/mol. The van der Waals surface area contributed by atoms with Crippen LogP contribution >= 0.6 is 12.2 Å². The number of hydrogen-bond donors (Lipinski definition) is 1. The van der Waals surface area contributed by atoms with Gasteiger partial charge in [0.2, 0.25) is 0 Å². The van der Waals surface area contributed by atoms with Crippen LogP contribution < -0.4 is 20.1 Å². The van der Waals surface area contributed by atoms with E-state index in [1.165, 1.54) is 0 Å². The lowest BCUT2D eigenvalue weighted by Crippen LogP contribution is -2.32. The molecule has 2 N–H and O–H groups in total. The Kier molecular flexibility index (Phi) is 5.88. The molecule has 0 fully saturated rings. The molecule has 6 heteroatoms. The fraction of sp³-hybridized carbons (Fsp3) is 0.143. The lowest BCUT2D eigenvalue weighted by atomic mass is 10.1. The molecule has 0 atom stereocenters. The van der Waals surface area contributed by atoms with Crippen LogP contribution in [0.4, 0.5) is 11.5 Å². The number of thiocarbonyl (C=S) groups is 1. The molecule has 0 aliphatic carbocycles. The van der Waals surface area contributed by atoms with Crippen molar-refractivity contribution < 1.29 is 9.47 Å². The van der Waals surface area contributed by atoms with Crippen molar-refractivity contribution in [2.24, 2.45) is 5.73 Å². The number of nitrogens with two attached hydrogens (primary N) is 1. The summed E-state index contributed by atoms with van der Waals surface area (Å²) in [6.07, 6.45) is 0.612. The monoisotopic (exact) mass is 379 g/mol. The fourth-order valence-electron chi connectivity index (χ4n) is 2.80. The van der Waals surface area contributed by atoms with E-state index in [9.17, 15) is 0 Å². The topological polar surface area (TPSA) is 60.6 Å². The van der Waals surface area contributed by atoms with Crippen LogP contribution in [0.25, 0.3) is 0 Å². The van der Waals surface area contributed by atoms with Gasteiger partial charge in [-0.15, -0.1) is 0 Å². The first-order valence-corrected chi connectivity index (χ1v) is 8.84. The number of aromatic nitrogens is 1. The molecule has 0 saturated carbocycles. The van der Waals surface area contributed by atoms with Gasteiger partial charge in [-0.3, -0.25) is 4.90 Å². The van der Waals surface area contributed by atoms with Crippen LogP contribution in [0, 0.1) is 0 Å². The van der Waals surface area contributed by atoms with Gasteiger partial charge in [0.05, 0.1) is 19.9 Å². The number of ether oxygens (including phenoxy) is 2. The molecule has 1 heterocycles. The SMILES string of the molecule is COc1ccc(Cc2nc(N(C(N)=S)c3ccccc3)ccc2OC)cc1. The summed E-state index contributed by atoms with van der Waals surface area (Å²) in [4.78, 5) is 6.52. The van der Waals surface area contributed by atoms with E-state index in [2.05, 4.69) is 0 Å². The maximum absolute atomic E-state index is 5.98. The minimum Gasteiger partial charge on any atom is -0.497 e. The van der Waals surface area contributed by atoms with Crippen LogP contribution in [0.2, 0.25) is 0 Å². The van der Waals surface area contributed by atoms with Crippen molar-refractivity contribution in [3.8, 4) is 11.5 Å². The highest BCUT2D eigenvalue weighted by Gasteiger charge is 2.16. The summed E-state index contributed by atoms with van der Waals surface area (Å²) in [7, 11) is 3.29.